The summed E-state index contributed by atoms with van der Waals surface area (Å²) in [7, 11) is 0. The van der Waals surface area contributed by atoms with E-state index in [9.17, 15) is 5.11 Å². The zero-order valence-electron chi connectivity index (χ0n) is 14.2. The molecule has 1 fully saturated rings. The average Bonchev–Trinajstić information content (AvgIpc) is 2.47. The van der Waals surface area contributed by atoms with Crippen LogP contribution in [-0.2, 0) is 6.42 Å². The lowest BCUT2D eigenvalue weighted by Gasteiger charge is -2.37. The number of aromatic hydroxyl groups is 1. The van der Waals surface area contributed by atoms with Crippen molar-refractivity contribution in [3.63, 3.8) is 0 Å². The second-order valence-corrected chi connectivity index (χ2v) is 7.19. The van der Waals surface area contributed by atoms with E-state index in [2.05, 4.69) is 27.4 Å². The van der Waals surface area contributed by atoms with Gasteiger partial charge in [-0.05, 0) is 60.6 Å². The lowest BCUT2D eigenvalue weighted by Crippen LogP contribution is -2.31. The molecule has 0 spiro atoms. The van der Waals surface area contributed by atoms with Crippen molar-refractivity contribution in [2.75, 3.05) is 6.61 Å². The third-order valence-electron chi connectivity index (χ3n) is 5.02. The molecule has 0 radical (unpaired) electrons. The van der Waals surface area contributed by atoms with Crippen LogP contribution in [0.3, 0.4) is 0 Å². The van der Waals surface area contributed by atoms with Gasteiger partial charge in [-0.1, -0.05) is 39.3 Å². The number of ether oxygens (including phenoxy) is 1. The molecular formula is C20H30O2. The molecule has 0 aromatic heterocycles. The van der Waals surface area contributed by atoms with Gasteiger partial charge in [-0.3, -0.25) is 0 Å². The Kier molecular flexibility index (Phi) is 5.93. The van der Waals surface area contributed by atoms with Crippen molar-refractivity contribution in [3.05, 3.63) is 36.4 Å². The number of hydrogen-bond acceptors (Lipinski definition) is 2. The summed E-state index contributed by atoms with van der Waals surface area (Å²) in [6, 6.07) is 5.58. The highest BCUT2D eigenvalue weighted by atomic mass is 16.5. The van der Waals surface area contributed by atoms with E-state index >= 15 is 0 Å². The number of rotatable bonds is 6. The molecule has 1 saturated carbocycles. The van der Waals surface area contributed by atoms with Crippen LogP contribution in [0.2, 0.25) is 0 Å². The Bertz CT molecular complexity index is 492. The van der Waals surface area contributed by atoms with E-state index in [4.69, 9.17) is 4.74 Å². The highest BCUT2D eigenvalue weighted by Crippen LogP contribution is 2.39. The Balaban J connectivity index is 2.03. The summed E-state index contributed by atoms with van der Waals surface area (Å²) in [5.41, 5.74) is 1.13. The second kappa shape index (κ2) is 7.71. The summed E-state index contributed by atoms with van der Waals surface area (Å²) >= 11 is 0. The molecule has 2 rings (SSSR count). The standard InChI is InChI=1S/C20H30O2/c1-5-6-16-8-10-19(21)20(12-16)22-13-17-11-15(4)7-9-18(17)14(2)3/h5,8,10,12,14-15,17-18,21H,1,6-7,9,11,13H2,2-4H3/t15-,17-,18-/m1/s1. The van der Waals surface area contributed by atoms with Crippen molar-refractivity contribution >= 4 is 0 Å². The SMILES string of the molecule is C=CCc1ccc(O)c(OC[C@H]2C[C@H](C)CC[C@@H]2C(C)C)c1. The lowest BCUT2D eigenvalue weighted by molar-refractivity contribution is 0.0921. The van der Waals surface area contributed by atoms with Crippen molar-refractivity contribution in [2.24, 2.45) is 23.7 Å². The van der Waals surface area contributed by atoms with Gasteiger partial charge in [0.1, 0.15) is 0 Å². The predicted molar refractivity (Wildman–Crippen MR) is 92.3 cm³/mol. The maximum absolute atomic E-state index is 10.0. The first-order chi connectivity index (χ1) is 10.5. The van der Waals surface area contributed by atoms with Crippen LogP contribution in [0.25, 0.3) is 0 Å². The van der Waals surface area contributed by atoms with Gasteiger partial charge in [0.25, 0.3) is 0 Å². The molecule has 1 aromatic rings. The first-order valence-electron chi connectivity index (χ1n) is 8.56. The molecule has 3 atom stereocenters. The first-order valence-corrected chi connectivity index (χ1v) is 8.56. The van der Waals surface area contributed by atoms with E-state index in [-0.39, 0.29) is 5.75 Å². The molecule has 0 amide bonds. The van der Waals surface area contributed by atoms with Crippen LogP contribution in [0.15, 0.2) is 30.9 Å². The molecule has 1 aliphatic carbocycles. The summed E-state index contributed by atoms with van der Waals surface area (Å²) in [4.78, 5) is 0. The second-order valence-electron chi connectivity index (χ2n) is 7.19. The van der Waals surface area contributed by atoms with Gasteiger partial charge in [0.05, 0.1) is 6.61 Å². The molecule has 0 saturated heterocycles. The van der Waals surface area contributed by atoms with Crippen molar-refractivity contribution in [2.45, 2.75) is 46.5 Å². The minimum absolute atomic E-state index is 0.234. The van der Waals surface area contributed by atoms with E-state index in [1.807, 2.05) is 18.2 Å². The Hall–Kier alpha value is -1.44. The van der Waals surface area contributed by atoms with Gasteiger partial charge >= 0.3 is 0 Å². The normalized spacial score (nSPS) is 25.2. The molecule has 1 N–H and O–H groups in total. The maximum Gasteiger partial charge on any atom is 0.161 e. The average molecular weight is 302 g/mol. The van der Waals surface area contributed by atoms with Gasteiger partial charge in [-0.25, -0.2) is 0 Å². The van der Waals surface area contributed by atoms with Crippen LogP contribution >= 0.6 is 0 Å². The fourth-order valence-corrected chi connectivity index (χ4v) is 3.76. The van der Waals surface area contributed by atoms with Gasteiger partial charge < -0.3 is 9.84 Å². The van der Waals surface area contributed by atoms with Crippen LogP contribution in [0.1, 0.15) is 45.6 Å². The van der Waals surface area contributed by atoms with Gasteiger partial charge in [0.15, 0.2) is 11.5 Å². The Morgan fingerprint density at radius 3 is 2.82 bits per heavy atom. The summed E-state index contributed by atoms with van der Waals surface area (Å²) < 4.78 is 6.01. The summed E-state index contributed by atoms with van der Waals surface area (Å²) in [5.74, 6) is 3.64. The fourth-order valence-electron chi connectivity index (χ4n) is 3.76. The van der Waals surface area contributed by atoms with Crippen LogP contribution in [-0.4, -0.2) is 11.7 Å². The largest absolute Gasteiger partial charge is 0.504 e. The minimum Gasteiger partial charge on any atom is -0.504 e. The van der Waals surface area contributed by atoms with Gasteiger partial charge in [-0.15, -0.1) is 6.58 Å². The molecular weight excluding hydrogens is 272 g/mol. The maximum atomic E-state index is 10.0. The molecule has 0 aliphatic heterocycles. The van der Waals surface area contributed by atoms with Crippen molar-refractivity contribution in [3.8, 4) is 11.5 Å². The molecule has 2 nitrogen and oxygen atoms in total. The molecule has 0 bridgehead atoms. The highest BCUT2D eigenvalue weighted by molar-refractivity contribution is 5.42. The summed E-state index contributed by atoms with van der Waals surface area (Å²) in [6.45, 7) is 11.4. The number of hydrogen-bond donors (Lipinski definition) is 1. The molecule has 1 aliphatic rings. The topological polar surface area (TPSA) is 29.5 Å². The third-order valence-corrected chi connectivity index (χ3v) is 5.02. The van der Waals surface area contributed by atoms with Crippen LogP contribution in [0.5, 0.6) is 11.5 Å². The zero-order valence-corrected chi connectivity index (χ0v) is 14.2. The molecule has 0 heterocycles. The van der Waals surface area contributed by atoms with Gasteiger partial charge in [-0.2, -0.15) is 0 Å². The lowest BCUT2D eigenvalue weighted by atomic mass is 9.70. The van der Waals surface area contributed by atoms with Crippen LogP contribution in [0.4, 0.5) is 0 Å². The Morgan fingerprint density at radius 1 is 1.36 bits per heavy atom. The first kappa shape index (κ1) is 16.9. The third kappa shape index (κ3) is 4.28. The summed E-state index contributed by atoms with van der Waals surface area (Å²) in [6.07, 6.45) is 6.53. The molecule has 0 unspecified atom stereocenters. The number of benzene rings is 1. The van der Waals surface area contributed by atoms with Crippen molar-refractivity contribution < 1.29 is 9.84 Å². The van der Waals surface area contributed by atoms with Crippen molar-refractivity contribution in [1.82, 2.24) is 0 Å². The monoisotopic (exact) mass is 302 g/mol. The molecule has 1 aromatic carbocycles. The van der Waals surface area contributed by atoms with Gasteiger partial charge in [0, 0.05) is 0 Å². The van der Waals surface area contributed by atoms with Crippen LogP contribution in [0, 0.1) is 23.7 Å². The smallest absolute Gasteiger partial charge is 0.161 e. The molecule has 22 heavy (non-hydrogen) atoms. The van der Waals surface area contributed by atoms with E-state index in [0.29, 0.717) is 24.2 Å². The number of phenolic OH excluding ortho intramolecular Hbond substituents is 1. The number of allylic oxidation sites excluding steroid dienone is 1. The van der Waals surface area contributed by atoms with Crippen molar-refractivity contribution in [1.29, 1.82) is 0 Å². The highest BCUT2D eigenvalue weighted by Gasteiger charge is 2.31. The molecule has 122 valence electrons. The Labute approximate surface area is 135 Å². The fraction of sp³-hybridized carbons (Fsp3) is 0.600. The summed E-state index contributed by atoms with van der Waals surface area (Å²) in [5, 5.41) is 10.0. The van der Waals surface area contributed by atoms with Crippen LogP contribution < -0.4 is 4.74 Å². The zero-order chi connectivity index (χ0) is 16.1. The predicted octanol–water partition coefficient (Wildman–Crippen LogP) is 5.21. The van der Waals surface area contributed by atoms with E-state index in [0.717, 1.165) is 23.8 Å². The van der Waals surface area contributed by atoms with E-state index < -0.39 is 0 Å². The number of phenols is 1. The van der Waals surface area contributed by atoms with Gasteiger partial charge in [0.2, 0.25) is 0 Å². The Morgan fingerprint density at radius 2 is 2.14 bits per heavy atom. The minimum atomic E-state index is 0.234. The van der Waals surface area contributed by atoms with E-state index in [1.54, 1.807) is 6.07 Å². The molecule has 2 heteroatoms. The van der Waals surface area contributed by atoms with E-state index in [1.165, 1.54) is 19.3 Å². The quantitative estimate of drug-likeness (QED) is 0.731.